The van der Waals surface area contributed by atoms with E-state index in [4.69, 9.17) is 10.9 Å². The van der Waals surface area contributed by atoms with Gasteiger partial charge >= 0.3 is 0 Å². The van der Waals surface area contributed by atoms with Gasteiger partial charge in [-0.1, -0.05) is 5.16 Å². The molecule has 0 amide bonds. The van der Waals surface area contributed by atoms with Crippen molar-refractivity contribution in [3.8, 4) is 0 Å². The number of amidine groups is 1. The molecule has 5 nitrogen and oxygen atoms in total. The summed E-state index contributed by atoms with van der Waals surface area (Å²) in [6.07, 6.45) is 1.90. The molecule has 1 aliphatic heterocycles. The number of rotatable bonds is 5. The SMILES string of the molecule is CC(CC(N)=NO)N(C)CC1CCN(C)C1. The van der Waals surface area contributed by atoms with E-state index in [0.29, 0.717) is 18.3 Å². The highest BCUT2D eigenvalue weighted by Crippen LogP contribution is 2.16. The van der Waals surface area contributed by atoms with E-state index in [-0.39, 0.29) is 0 Å². The second-order valence-electron chi connectivity index (χ2n) is 5.00. The lowest BCUT2D eigenvalue weighted by atomic mass is 10.1. The molecule has 3 N–H and O–H groups in total. The molecular weight excluding hydrogens is 204 g/mol. The third kappa shape index (κ3) is 3.98. The summed E-state index contributed by atoms with van der Waals surface area (Å²) in [6, 6.07) is 0.321. The van der Waals surface area contributed by atoms with Gasteiger partial charge in [0.25, 0.3) is 0 Å². The molecule has 16 heavy (non-hydrogen) atoms. The van der Waals surface area contributed by atoms with Crippen LogP contribution in [0.3, 0.4) is 0 Å². The van der Waals surface area contributed by atoms with Crippen LogP contribution in [0.25, 0.3) is 0 Å². The summed E-state index contributed by atoms with van der Waals surface area (Å²) in [7, 11) is 4.27. The molecule has 5 heteroatoms. The van der Waals surface area contributed by atoms with Gasteiger partial charge in [-0.15, -0.1) is 0 Å². The molecule has 1 saturated heterocycles. The molecule has 0 aromatic carbocycles. The number of hydrogen-bond donors (Lipinski definition) is 2. The molecule has 94 valence electrons. The number of likely N-dealkylation sites (tertiary alicyclic amines) is 1. The fourth-order valence-electron chi connectivity index (χ4n) is 2.26. The molecule has 0 bridgehead atoms. The first-order valence-electron chi connectivity index (χ1n) is 5.88. The van der Waals surface area contributed by atoms with Crippen molar-refractivity contribution in [1.82, 2.24) is 9.80 Å². The third-order valence-electron chi connectivity index (χ3n) is 3.42. The summed E-state index contributed by atoms with van der Waals surface area (Å²) in [5.74, 6) is 1.06. The van der Waals surface area contributed by atoms with Crippen LogP contribution >= 0.6 is 0 Å². The lowest BCUT2D eigenvalue weighted by molar-refractivity contribution is 0.220. The molecular formula is C11H24N4O. The summed E-state index contributed by atoms with van der Waals surface area (Å²) < 4.78 is 0. The Kier molecular flexibility index (Phi) is 5.02. The fourth-order valence-corrected chi connectivity index (χ4v) is 2.26. The topological polar surface area (TPSA) is 65.1 Å². The second-order valence-corrected chi connectivity index (χ2v) is 5.00. The smallest absolute Gasteiger partial charge is 0.140 e. The highest BCUT2D eigenvalue weighted by atomic mass is 16.4. The molecule has 0 aliphatic carbocycles. The molecule has 2 unspecified atom stereocenters. The predicted octanol–water partition coefficient (Wildman–Crippen LogP) is 0.395. The summed E-state index contributed by atoms with van der Waals surface area (Å²) in [5.41, 5.74) is 5.51. The van der Waals surface area contributed by atoms with E-state index in [1.165, 1.54) is 19.5 Å². The number of hydrogen-bond acceptors (Lipinski definition) is 4. The zero-order valence-corrected chi connectivity index (χ0v) is 10.6. The first-order valence-corrected chi connectivity index (χ1v) is 5.88. The van der Waals surface area contributed by atoms with Crippen molar-refractivity contribution < 1.29 is 5.21 Å². The van der Waals surface area contributed by atoms with E-state index >= 15 is 0 Å². The maximum absolute atomic E-state index is 8.52. The zero-order chi connectivity index (χ0) is 12.1. The van der Waals surface area contributed by atoms with E-state index in [9.17, 15) is 0 Å². The Hall–Kier alpha value is -0.810. The third-order valence-corrected chi connectivity index (χ3v) is 3.42. The highest BCUT2D eigenvalue weighted by Gasteiger charge is 2.22. The maximum atomic E-state index is 8.52. The van der Waals surface area contributed by atoms with Crippen LogP contribution in [-0.2, 0) is 0 Å². The Balaban J connectivity index is 2.31. The first-order chi connectivity index (χ1) is 7.52. The van der Waals surface area contributed by atoms with Crippen LogP contribution in [0.4, 0.5) is 0 Å². The van der Waals surface area contributed by atoms with Crippen LogP contribution in [0.1, 0.15) is 19.8 Å². The van der Waals surface area contributed by atoms with Crippen molar-refractivity contribution in [2.45, 2.75) is 25.8 Å². The molecule has 0 aromatic heterocycles. The lowest BCUT2D eigenvalue weighted by Crippen LogP contribution is -2.37. The molecule has 0 aromatic rings. The minimum atomic E-state index is 0.308. The summed E-state index contributed by atoms with van der Waals surface area (Å²) >= 11 is 0. The minimum absolute atomic E-state index is 0.308. The summed E-state index contributed by atoms with van der Waals surface area (Å²) in [6.45, 7) is 5.58. The fraction of sp³-hybridized carbons (Fsp3) is 0.909. The van der Waals surface area contributed by atoms with E-state index in [0.717, 1.165) is 12.5 Å². The van der Waals surface area contributed by atoms with Crippen molar-refractivity contribution >= 4 is 5.84 Å². The average Bonchev–Trinajstić information content (AvgIpc) is 2.63. The minimum Gasteiger partial charge on any atom is -0.409 e. The predicted molar refractivity (Wildman–Crippen MR) is 65.7 cm³/mol. The second kappa shape index (κ2) is 6.06. The standard InChI is InChI=1S/C11H24N4O/c1-9(6-11(12)13-16)15(3)8-10-4-5-14(2)7-10/h9-10,16H,4-8H2,1-3H3,(H2,12,13). The molecule has 2 atom stereocenters. The monoisotopic (exact) mass is 228 g/mol. The van der Waals surface area contributed by atoms with Crippen molar-refractivity contribution in [3.63, 3.8) is 0 Å². The number of nitrogens with two attached hydrogens (primary N) is 1. The van der Waals surface area contributed by atoms with Gasteiger partial charge in [-0.25, -0.2) is 0 Å². The van der Waals surface area contributed by atoms with Gasteiger partial charge in [0, 0.05) is 25.6 Å². The van der Waals surface area contributed by atoms with Crippen molar-refractivity contribution in [3.05, 3.63) is 0 Å². The Morgan fingerprint density at radius 1 is 1.69 bits per heavy atom. The van der Waals surface area contributed by atoms with E-state index in [1.54, 1.807) is 0 Å². The normalized spacial score (nSPS) is 25.2. The van der Waals surface area contributed by atoms with Gasteiger partial charge in [0.05, 0.1) is 0 Å². The molecule has 1 aliphatic rings. The molecule has 1 rings (SSSR count). The lowest BCUT2D eigenvalue weighted by Gasteiger charge is -2.27. The maximum Gasteiger partial charge on any atom is 0.140 e. The summed E-state index contributed by atoms with van der Waals surface area (Å²) in [4.78, 5) is 4.66. The van der Waals surface area contributed by atoms with Gasteiger partial charge in [-0.05, 0) is 39.9 Å². The average molecular weight is 228 g/mol. The van der Waals surface area contributed by atoms with Gasteiger partial charge in [-0.3, -0.25) is 0 Å². The van der Waals surface area contributed by atoms with Gasteiger partial charge in [0.2, 0.25) is 0 Å². The molecule has 1 heterocycles. The van der Waals surface area contributed by atoms with E-state index in [2.05, 4.69) is 36.0 Å². The quantitative estimate of drug-likeness (QED) is 0.309. The van der Waals surface area contributed by atoms with Crippen LogP contribution in [-0.4, -0.2) is 60.6 Å². The van der Waals surface area contributed by atoms with Gasteiger partial charge in [-0.2, -0.15) is 0 Å². The molecule has 0 radical (unpaired) electrons. The van der Waals surface area contributed by atoms with Crippen molar-refractivity contribution in [2.24, 2.45) is 16.8 Å². The van der Waals surface area contributed by atoms with Crippen LogP contribution in [0.15, 0.2) is 5.16 Å². The van der Waals surface area contributed by atoms with Crippen LogP contribution < -0.4 is 5.73 Å². The zero-order valence-electron chi connectivity index (χ0n) is 10.6. The Morgan fingerprint density at radius 3 is 2.88 bits per heavy atom. The Bertz CT molecular complexity index is 244. The van der Waals surface area contributed by atoms with Crippen LogP contribution in [0.5, 0.6) is 0 Å². The largest absolute Gasteiger partial charge is 0.409 e. The van der Waals surface area contributed by atoms with E-state index in [1.807, 2.05) is 0 Å². The number of oxime groups is 1. The Morgan fingerprint density at radius 2 is 2.38 bits per heavy atom. The number of nitrogens with zero attached hydrogens (tertiary/aromatic N) is 3. The molecule has 0 saturated carbocycles. The van der Waals surface area contributed by atoms with Gasteiger partial charge in [0.1, 0.15) is 5.84 Å². The first kappa shape index (κ1) is 13.3. The molecule has 1 fully saturated rings. The van der Waals surface area contributed by atoms with E-state index < -0.39 is 0 Å². The van der Waals surface area contributed by atoms with Crippen LogP contribution in [0, 0.1) is 5.92 Å². The van der Waals surface area contributed by atoms with Gasteiger partial charge in [0.15, 0.2) is 0 Å². The van der Waals surface area contributed by atoms with Crippen molar-refractivity contribution in [2.75, 3.05) is 33.7 Å². The summed E-state index contributed by atoms with van der Waals surface area (Å²) in [5, 5.41) is 11.5. The van der Waals surface area contributed by atoms with Crippen molar-refractivity contribution in [1.29, 1.82) is 0 Å². The molecule has 0 spiro atoms. The van der Waals surface area contributed by atoms with Crippen LogP contribution in [0.2, 0.25) is 0 Å². The highest BCUT2D eigenvalue weighted by molar-refractivity contribution is 5.80. The van der Waals surface area contributed by atoms with Gasteiger partial charge < -0.3 is 20.7 Å². The Labute approximate surface area is 97.9 Å².